The molecule has 0 aliphatic carbocycles. The van der Waals surface area contributed by atoms with E-state index in [2.05, 4.69) is 24.4 Å². The van der Waals surface area contributed by atoms with Crippen LogP contribution >= 0.6 is 0 Å². The summed E-state index contributed by atoms with van der Waals surface area (Å²) in [6, 6.07) is 10.5. The van der Waals surface area contributed by atoms with E-state index < -0.39 is 4.92 Å². The number of hydrogen-bond donors (Lipinski definition) is 1. The van der Waals surface area contributed by atoms with Crippen molar-refractivity contribution in [3.8, 4) is 11.5 Å². The molecule has 2 unspecified atom stereocenters. The molecule has 2 atom stereocenters. The highest BCUT2D eigenvalue weighted by molar-refractivity contribution is 6.12. The van der Waals surface area contributed by atoms with Gasteiger partial charge in [-0.2, -0.15) is 5.10 Å². The molecule has 7 nitrogen and oxygen atoms in total. The zero-order valence-electron chi connectivity index (χ0n) is 17.0. The van der Waals surface area contributed by atoms with Crippen molar-refractivity contribution in [1.29, 1.82) is 0 Å². The second-order valence-electron chi connectivity index (χ2n) is 6.91. The van der Waals surface area contributed by atoms with Gasteiger partial charge in [0.05, 0.1) is 24.9 Å². The fourth-order valence-corrected chi connectivity index (χ4v) is 3.60. The Morgan fingerprint density at radius 1 is 1.14 bits per heavy atom. The Labute approximate surface area is 170 Å². The third kappa shape index (κ3) is 4.23. The molecule has 0 amide bonds. The number of nitro benzene ring substituents is 1. The van der Waals surface area contributed by atoms with Crippen molar-refractivity contribution in [3.63, 3.8) is 0 Å². The minimum atomic E-state index is -0.408. The molecular weight excluding hydrogens is 370 g/mol. The zero-order chi connectivity index (χ0) is 21.0. The molecule has 7 heteroatoms. The van der Waals surface area contributed by atoms with Crippen molar-refractivity contribution in [3.05, 3.63) is 69.3 Å². The number of nitro groups is 1. The number of hydrazone groups is 1. The summed E-state index contributed by atoms with van der Waals surface area (Å²) in [5, 5.41) is 15.4. The van der Waals surface area contributed by atoms with E-state index in [1.807, 2.05) is 24.3 Å². The molecular formula is C22H25N3O4. The van der Waals surface area contributed by atoms with Crippen molar-refractivity contribution in [1.82, 2.24) is 5.43 Å². The Kier molecular flexibility index (Phi) is 6.16. The van der Waals surface area contributed by atoms with Gasteiger partial charge in [-0.15, -0.1) is 0 Å². The number of non-ortho nitro benzene ring substituents is 1. The zero-order valence-corrected chi connectivity index (χ0v) is 17.0. The van der Waals surface area contributed by atoms with Gasteiger partial charge in [0.25, 0.3) is 5.69 Å². The summed E-state index contributed by atoms with van der Waals surface area (Å²) < 4.78 is 11.0. The lowest BCUT2D eigenvalue weighted by Crippen LogP contribution is -2.26. The molecule has 1 aliphatic rings. The van der Waals surface area contributed by atoms with Crippen molar-refractivity contribution >= 4 is 17.5 Å². The first kappa shape index (κ1) is 20.4. The molecule has 2 aromatic rings. The van der Waals surface area contributed by atoms with E-state index in [4.69, 9.17) is 9.47 Å². The highest BCUT2D eigenvalue weighted by Crippen LogP contribution is 2.38. The fourth-order valence-electron chi connectivity index (χ4n) is 3.60. The molecule has 2 aromatic carbocycles. The minimum Gasteiger partial charge on any atom is -0.493 e. The number of hydrogen-bond acceptors (Lipinski definition) is 6. The summed E-state index contributed by atoms with van der Waals surface area (Å²) in [6.07, 6.45) is 4.75. The maximum atomic E-state index is 10.8. The van der Waals surface area contributed by atoms with Gasteiger partial charge in [0.1, 0.15) is 0 Å². The Hall–Kier alpha value is -3.35. The Morgan fingerprint density at radius 2 is 1.79 bits per heavy atom. The van der Waals surface area contributed by atoms with Gasteiger partial charge >= 0.3 is 0 Å². The van der Waals surface area contributed by atoms with E-state index in [0.717, 1.165) is 28.8 Å². The number of nitrogens with one attached hydrogen (secondary N) is 1. The van der Waals surface area contributed by atoms with E-state index in [1.54, 1.807) is 26.4 Å². The van der Waals surface area contributed by atoms with E-state index in [-0.39, 0.29) is 17.6 Å². The van der Waals surface area contributed by atoms with Crippen LogP contribution in [0.2, 0.25) is 0 Å². The minimum absolute atomic E-state index is 0.0670. The Bertz CT molecular complexity index is 951. The lowest BCUT2D eigenvalue weighted by molar-refractivity contribution is -0.384. The topological polar surface area (TPSA) is 86.0 Å². The molecule has 0 fully saturated rings. The molecule has 1 N–H and O–H groups in total. The van der Waals surface area contributed by atoms with Gasteiger partial charge in [-0.05, 0) is 54.8 Å². The maximum Gasteiger partial charge on any atom is 0.269 e. The van der Waals surface area contributed by atoms with Gasteiger partial charge in [-0.25, -0.2) is 0 Å². The van der Waals surface area contributed by atoms with Crippen LogP contribution < -0.4 is 14.9 Å². The van der Waals surface area contributed by atoms with E-state index in [9.17, 15) is 10.1 Å². The highest BCUT2D eigenvalue weighted by atomic mass is 16.6. The van der Waals surface area contributed by atoms with Crippen molar-refractivity contribution in [2.75, 3.05) is 14.2 Å². The van der Waals surface area contributed by atoms with Crippen LogP contribution in [0.15, 0.2) is 47.6 Å². The molecule has 152 valence electrons. The standard InChI is InChI=1S/C22H25N3O4/c1-5-17-14(2)23-24-20(11-8-15-6-9-16(10-7-15)25(26)27)19-13-22(29-4)21(28-3)12-18(17)19/h6-14,17,23H,5H2,1-4H3/b11-8+. The van der Waals surface area contributed by atoms with Crippen molar-refractivity contribution in [2.45, 2.75) is 32.2 Å². The van der Waals surface area contributed by atoms with Gasteiger partial charge < -0.3 is 14.9 Å². The molecule has 29 heavy (non-hydrogen) atoms. The monoisotopic (exact) mass is 395 g/mol. The van der Waals surface area contributed by atoms with Crippen molar-refractivity contribution < 1.29 is 14.4 Å². The Balaban J connectivity index is 2.03. The fraction of sp³-hybridized carbons (Fsp3) is 0.318. The van der Waals surface area contributed by atoms with Crippen LogP contribution in [-0.4, -0.2) is 30.9 Å². The first-order chi connectivity index (χ1) is 14.0. The predicted molar refractivity (Wildman–Crippen MR) is 114 cm³/mol. The van der Waals surface area contributed by atoms with Gasteiger partial charge in [0.15, 0.2) is 11.5 Å². The normalized spacial score (nSPS) is 18.4. The molecule has 3 rings (SSSR count). The molecule has 0 aromatic heterocycles. The smallest absolute Gasteiger partial charge is 0.269 e. The summed E-state index contributed by atoms with van der Waals surface area (Å²) in [7, 11) is 3.25. The first-order valence-electron chi connectivity index (χ1n) is 9.50. The average Bonchev–Trinajstić information content (AvgIpc) is 2.86. The average molecular weight is 395 g/mol. The van der Waals surface area contributed by atoms with Gasteiger partial charge in [-0.1, -0.05) is 13.0 Å². The SMILES string of the molecule is CCC1c2cc(OC)c(OC)cc2C(/C=C/c2ccc([N+](=O)[O-])cc2)=NNC1C. The van der Waals surface area contributed by atoms with E-state index >= 15 is 0 Å². The summed E-state index contributed by atoms with van der Waals surface area (Å²) in [5.74, 6) is 1.60. The van der Waals surface area contributed by atoms with Crippen LogP contribution in [0.25, 0.3) is 6.08 Å². The summed E-state index contributed by atoms with van der Waals surface area (Å²) in [5.41, 5.74) is 7.05. The van der Waals surface area contributed by atoms with Crippen molar-refractivity contribution in [2.24, 2.45) is 5.10 Å². The number of allylic oxidation sites excluding steroid dienone is 1. The third-order valence-corrected chi connectivity index (χ3v) is 5.20. The van der Waals surface area contributed by atoms with Crippen LogP contribution in [-0.2, 0) is 0 Å². The summed E-state index contributed by atoms with van der Waals surface area (Å²) in [6.45, 7) is 4.27. The second-order valence-corrected chi connectivity index (χ2v) is 6.91. The number of benzene rings is 2. The van der Waals surface area contributed by atoms with E-state index in [1.165, 1.54) is 12.1 Å². The molecule has 1 heterocycles. The third-order valence-electron chi connectivity index (χ3n) is 5.20. The van der Waals surface area contributed by atoms with Gasteiger partial charge in [0, 0.05) is 29.7 Å². The van der Waals surface area contributed by atoms with Crippen LogP contribution in [0.5, 0.6) is 11.5 Å². The van der Waals surface area contributed by atoms with E-state index in [0.29, 0.717) is 11.5 Å². The Morgan fingerprint density at radius 3 is 2.38 bits per heavy atom. The molecule has 0 bridgehead atoms. The molecule has 1 aliphatic heterocycles. The van der Waals surface area contributed by atoms with Crippen LogP contribution in [0.1, 0.15) is 42.9 Å². The van der Waals surface area contributed by atoms with Crippen LogP contribution in [0, 0.1) is 10.1 Å². The number of nitrogens with zero attached hydrogens (tertiary/aromatic N) is 2. The summed E-state index contributed by atoms with van der Waals surface area (Å²) >= 11 is 0. The first-order valence-corrected chi connectivity index (χ1v) is 9.50. The number of fused-ring (bicyclic) bond motifs is 1. The lowest BCUT2D eigenvalue weighted by Gasteiger charge is -2.23. The molecule has 0 saturated heterocycles. The van der Waals surface area contributed by atoms with Crippen LogP contribution in [0.3, 0.4) is 0 Å². The second kappa shape index (κ2) is 8.77. The highest BCUT2D eigenvalue weighted by Gasteiger charge is 2.26. The molecule has 0 saturated carbocycles. The quantitative estimate of drug-likeness (QED) is 0.574. The predicted octanol–water partition coefficient (Wildman–Crippen LogP) is 4.51. The number of rotatable bonds is 6. The lowest BCUT2D eigenvalue weighted by atomic mass is 9.85. The van der Waals surface area contributed by atoms with Crippen LogP contribution in [0.4, 0.5) is 5.69 Å². The molecule has 0 spiro atoms. The number of methoxy groups -OCH3 is 2. The summed E-state index contributed by atoms with van der Waals surface area (Å²) in [4.78, 5) is 10.4. The van der Waals surface area contributed by atoms with Gasteiger partial charge in [0.2, 0.25) is 0 Å². The largest absolute Gasteiger partial charge is 0.493 e. The maximum absolute atomic E-state index is 10.8. The molecule has 0 radical (unpaired) electrons. The van der Waals surface area contributed by atoms with Gasteiger partial charge in [-0.3, -0.25) is 10.1 Å². The number of ether oxygens (including phenoxy) is 2.